The minimum absolute atomic E-state index is 0.0604. The maximum absolute atomic E-state index is 12.4. The molecule has 1 heterocycles. The molecule has 1 aliphatic rings. The third kappa shape index (κ3) is 5.31. The highest BCUT2D eigenvalue weighted by Crippen LogP contribution is 2.33. The van der Waals surface area contributed by atoms with Crippen LogP contribution >= 0.6 is 0 Å². The molecule has 0 radical (unpaired) electrons. The summed E-state index contributed by atoms with van der Waals surface area (Å²) in [5.74, 6) is -1.79. The van der Waals surface area contributed by atoms with E-state index >= 15 is 0 Å². The number of hydrogen-bond acceptors (Lipinski definition) is 3. The van der Waals surface area contributed by atoms with E-state index in [2.05, 4.69) is 5.32 Å². The SMILES string of the molecule is CC(C)NC(=O)CCCC(=O)N1CC(C(=O)O)C(c2ccccc2)C1. The quantitative estimate of drug-likeness (QED) is 0.791. The fourth-order valence-electron chi connectivity index (χ4n) is 3.25. The smallest absolute Gasteiger partial charge is 0.308 e. The summed E-state index contributed by atoms with van der Waals surface area (Å²) in [4.78, 5) is 37.2. The van der Waals surface area contributed by atoms with Crippen LogP contribution in [0.15, 0.2) is 30.3 Å². The Morgan fingerprint density at radius 1 is 1.16 bits per heavy atom. The second-order valence-electron chi connectivity index (χ2n) is 6.84. The molecule has 2 amide bonds. The van der Waals surface area contributed by atoms with Gasteiger partial charge in [0, 0.05) is 37.9 Å². The normalized spacial score (nSPS) is 19.9. The molecule has 0 saturated carbocycles. The van der Waals surface area contributed by atoms with E-state index < -0.39 is 11.9 Å². The van der Waals surface area contributed by atoms with E-state index in [-0.39, 0.29) is 36.7 Å². The summed E-state index contributed by atoms with van der Waals surface area (Å²) in [6, 6.07) is 9.55. The number of carboxylic acid groups (broad SMARTS) is 1. The number of benzene rings is 1. The van der Waals surface area contributed by atoms with Crippen molar-refractivity contribution in [3.05, 3.63) is 35.9 Å². The van der Waals surface area contributed by atoms with Gasteiger partial charge in [-0.2, -0.15) is 0 Å². The highest BCUT2D eigenvalue weighted by Gasteiger charge is 2.40. The number of aliphatic carboxylic acids is 1. The molecule has 0 aromatic heterocycles. The van der Waals surface area contributed by atoms with E-state index in [0.29, 0.717) is 19.4 Å². The molecule has 136 valence electrons. The topological polar surface area (TPSA) is 86.7 Å². The zero-order chi connectivity index (χ0) is 18.4. The highest BCUT2D eigenvalue weighted by molar-refractivity contribution is 5.81. The Morgan fingerprint density at radius 2 is 1.84 bits per heavy atom. The Labute approximate surface area is 148 Å². The maximum atomic E-state index is 12.4. The summed E-state index contributed by atoms with van der Waals surface area (Å²) < 4.78 is 0. The van der Waals surface area contributed by atoms with E-state index in [0.717, 1.165) is 5.56 Å². The van der Waals surface area contributed by atoms with E-state index in [1.54, 1.807) is 4.90 Å². The lowest BCUT2D eigenvalue weighted by atomic mass is 9.89. The molecule has 2 unspecified atom stereocenters. The molecule has 6 heteroatoms. The lowest BCUT2D eigenvalue weighted by molar-refractivity contribution is -0.141. The van der Waals surface area contributed by atoms with Crippen LogP contribution in [0.4, 0.5) is 0 Å². The van der Waals surface area contributed by atoms with Crippen molar-refractivity contribution in [1.29, 1.82) is 0 Å². The first-order valence-corrected chi connectivity index (χ1v) is 8.73. The molecule has 2 atom stereocenters. The molecule has 0 aliphatic carbocycles. The lowest BCUT2D eigenvalue weighted by Crippen LogP contribution is -2.31. The summed E-state index contributed by atoms with van der Waals surface area (Å²) in [6.07, 6.45) is 1.04. The van der Waals surface area contributed by atoms with Gasteiger partial charge < -0.3 is 15.3 Å². The molecule has 25 heavy (non-hydrogen) atoms. The van der Waals surface area contributed by atoms with Gasteiger partial charge in [-0.15, -0.1) is 0 Å². The van der Waals surface area contributed by atoms with Crippen LogP contribution < -0.4 is 5.32 Å². The Hall–Kier alpha value is -2.37. The Morgan fingerprint density at radius 3 is 2.44 bits per heavy atom. The minimum atomic E-state index is -0.875. The van der Waals surface area contributed by atoms with Crippen LogP contribution in [-0.2, 0) is 14.4 Å². The number of nitrogens with zero attached hydrogens (tertiary/aromatic N) is 1. The molecule has 0 spiro atoms. The molecule has 1 fully saturated rings. The zero-order valence-corrected chi connectivity index (χ0v) is 14.8. The molecular weight excluding hydrogens is 320 g/mol. The van der Waals surface area contributed by atoms with Crippen LogP contribution in [0.2, 0.25) is 0 Å². The van der Waals surface area contributed by atoms with Gasteiger partial charge in [0.05, 0.1) is 5.92 Å². The van der Waals surface area contributed by atoms with E-state index in [1.807, 2.05) is 44.2 Å². The van der Waals surface area contributed by atoms with Crippen molar-refractivity contribution in [3.63, 3.8) is 0 Å². The van der Waals surface area contributed by atoms with Gasteiger partial charge in [-0.05, 0) is 25.8 Å². The van der Waals surface area contributed by atoms with Crippen LogP contribution in [0.5, 0.6) is 0 Å². The molecule has 2 N–H and O–H groups in total. The van der Waals surface area contributed by atoms with Crippen molar-refractivity contribution in [2.45, 2.75) is 45.1 Å². The number of nitrogens with one attached hydrogen (secondary N) is 1. The van der Waals surface area contributed by atoms with Crippen molar-refractivity contribution in [1.82, 2.24) is 10.2 Å². The van der Waals surface area contributed by atoms with Crippen molar-refractivity contribution in [3.8, 4) is 0 Å². The monoisotopic (exact) mass is 346 g/mol. The Kier molecular flexibility index (Phi) is 6.56. The number of rotatable bonds is 7. The van der Waals surface area contributed by atoms with Gasteiger partial charge in [-0.25, -0.2) is 0 Å². The van der Waals surface area contributed by atoms with Crippen molar-refractivity contribution >= 4 is 17.8 Å². The average Bonchev–Trinajstić information content (AvgIpc) is 3.00. The molecule has 1 aliphatic heterocycles. The predicted octanol–water partition coefficient (Wildman–Crippen LogP) is 2.01. The highest BCUT2D eigenvalue weighted by atomic mass is 16.4. The summed E-state index contributed by atoms with van der Waals surface area (Å²) in [7, 11) is 0. The van der Waals surface area contributed by atoms with Crippen molar-refractivity contribution in [2.75, 3.05) is 13.1 Å². The van der Waals surface area contributed by atoms with Crippen LogP contribution in [0.1, 0.15) is 44.6 Å². The Balaban J connectivity index is 1.91. The summed E-state index contributed by atoms with van der Waals surface area (Å²) in [5, 5.41) is 12.3. The molecular formula is C19H26N2O4. The number of likely N-dealkylation sites (tertiary alicyclic amines) is 1. The molecule has 6 nitrogen and oxygen atoms in total. The molecule has 0 bridgehead atoms. The standard InChI is InChI=1S/C19H26N2O4/c1-13(2)20-17(22)9-6-10-18(23)21-11-15(16(12-21)19(24)25)14-7-4-3-5-8-14/h3-5,7-8,13,15-16H,6,9-12H2,1-2H3,(H,20,22)(H,24,25). The number of hydrogen-bond donors (Lipinski definition) is 2. The molecule has 1 aromatic rings. The largest absolute Gasteiger partial charge is 0.481 e. The first-order valence-electron chi connectivity index (χ1n) is 8.73. The third-order valence-electron chi connectivity index (χ3n) is 4.46. The Bertz CT molecular complexity index is 615. The van der Waals surface area contributed by atoms with Gasteiger partial charge in [0.25, 0.3) is 0 Å². The fraction of sp³-hybridized carbons (Fsp3) is 0.526. The van der Waals surface area contributed by atoms with Crippen LogP contribution in [0.25, 0.3) is 0 Å². The number of carbonyl (C=O) groups is 3. The van der Waals surface area contributed by atoms with E-state index in [9.17, 15) is 19.5 Å². The average molecular weight is 346 g/mol. The summed E-state index contributed by atoms with van der Waals surface area (Å²) >= 11 is 0. The number of carbonyl (C=O) groups excluding carboxylic acids is 2. The van der Waals surface area contributed by atoms with Crippen molar-refractivity contribution < 1.29 is 19.5 Å². The molecule has 1 aromatic carbocycles. The van der Waals surface area contributed by atoms with Gasteiger partial charge in [0.15, 0.2) is 0 Å². The van der Waals surface area contributed by atoms with E-state index in [1.165, 1.54) is 0 Å². The zero-order valence-electron chi connectivity index (χ0n) is 14.8. The fourth-order valence-corrected chi connectivity index (χ4v) is 3.25. The van der Waals surface area contributed by atoms with Gasteiger partial charge in [0.1, 0.15) is 0 Å². The second-order valence-corrected chi connectivity index (χ2v) is 6.84. The first kappa shape index (κ1) is 19.0. The lowest BCUT2D eigenvalue weighted by Gasteiger charge is -2.16. The summed E-state index contributed by atoms with van der Waals surface area (Å²) in [5.41, 5.74) is 0.946. The van der Waals surface area contributed by atoms with Crippen LogP contribution in [-0.4, -0.2) is 46.9 Å². The van der Waals surface area contributed by atoms with Crippen LogP contribution in [0, 0.1) is 5.92 Å². The van der Waals surface area contributed by atoms with Crippen LogP contribution in [0.3, 0.4) is 0 Å². The predicted molar refractivity (Wildman–Crippen MR) is 94.0 cm³/mol. The number of carboxylic acids is 1. The second kappa shape index (κ2) is 8.65. The minimum Gasteiger partial charge on any atom is -0.481 e. The van der Waals surface area contributed by atoms with Gasteiger partial charge in [-0.1, -0.05) is 30.3 Å². The third-order valence-corrected chi connectivity index (χ3v) is 4.46. The van der Waals surface area contributed by atoms with E-state index in [4.69, 9.17) is 0 Å². The number of amides is 2. The van der Waals surface area contributed by atoms with Crippen molar-refractivity contribution in [2.24, 2.45) is 5.92 Å². The summed E-state index contributed by atoms with van der Waals surface area (Å²) in [6.45, 7) is 4.43. The van der Waals surface area contributed by atoms with Gasteiger partial charge in [0.2, 0.25) is 11.8 Å². The molecule has 1 saturated heterocycles. The molecule has 2 rings (SSSR count). The maximum Gasteiger partial charge on any atom is 0.308 e. The van der Waals surface area contributed by atoms with Gasteiger partial charge >= 0.3 is 5.97 Å². The first-order chi connectivity index (χ1) is 11.9. The van der Waals surface area contributed by atoms with Gasteiger partial charge in [-0.3, -0.25) is 14.4 Å².